The fourth-order valence-corrected chi connectivity index (χ4v) is 2.48. The van der Waals surface area contributed by atoms with Crippen molar-refractivity contribution in [3.05, 3.63) is 10.6 Å². The maximum atomic E-state index is 11.6. The molecule has 18 heavy (non-hydrogen) atoms. The fourth-order valence-electron chi connectivity index (χ4n) is 1.67. The Labute approximate surface area is 113 Å². The summed E-state index contributed by atoms with van der Waals surface area (Å²) in [6.07, 6.45) is 2.30. The summed E-state index contributed by atoms with van der Waals surface area (Å²) in [5.41, 5.74) is 0.439. The van der Waals surface area contributed by atoms with Gasteiger partial charge in [-0.15, -0.1) is 11.3 Å². The van der Waals surface area contributed by atoms with Crippen molar-refractivity contribution in [2.45, 2.75) is 40.5 Å². The maximum Gasteiger partial charge on any atom is 0.358 e. The number of nitrogens with one attached hydrogen (secondary N) is 1. The van der Waals surface area contributed by atoms with Crippen molar-refractivity contribution < 1.29 is 9.53 Å². The number of carbonyl (C=O) groups excluding carboxylic acids is 1. The minimum Gasteiger partial charge on any atom is -0.461 e. The lowest BCUT2D eigenvalue weighted by Crippen LogP contribution is -2.13. The summed E-state index contributed by atoms with van der Waals surface area (Å²) in [4.78, 5) is 16.8. The summed E-state index contributed by atoms with van der Waals surface area (Å²) < 4.78 is 4.97. The molecule has 0 aliphatic rings. The van der Waals surface area contributed by atoms with Gasteiger partial charge < -0.3 is 10.1 Å². The van der Waals surface area contributed by atoms with Gasteiger partial charge in [0.2, 0.25) is 0 Å². The summed E-state index contributed by atoms with van der Waals surface area (Å²) in [6.45, 7) is 9.35. The van der Waals surface area contributed by atoms with Crippen LogP contribution in [-0.2, 0) is 4.74 Å². The minimum atomic E-state index is -0.332. The van der Waals surface area contributed by atoms with Crippen LogP contribution in [0, 0.1) is 12.8 Å². The number of ether oxygens (including phenoxy) is 1. The number of thiazole rings is 1. The summed E-state index contributed by atoms with van der Waals surface area (Å²) in [5, 5.41) is 4.11. The summed E-state index contributed by atoms with van der Waals surface area (Å²) in [5.74, 6) is 0.321. The number of hydrogen-bond acceptors (Lipinski definition) is 5. The second kappa shape index (κ2) is 7.36. The van der Waals surface area contributed by atoms with Crippen molar-refractivity contribution in [3.63, 3.8) is 0 Å². The van der Waals surface area contributed by atoms with Gasteiger partial charge in [-0.2, -0.15) is 0 Å². The third-order valence-electron chi connectivity index (χ3n) is 2.96. The highest BCUT2D eigenvalue weighted by Gasteiger charge is 2.16. The summed E-state index contributed by atoms with van der Waals surface area (Å²) in [6, 6.07) is 0. The molecule has 0 saturated carbocycles. The van der Waals surface area contributed by atoms with Crippen molar-refractivity contribution >= 4 is 22.4 Å². The van der Waals surface area contributed by atoms with Gasteiger partial charge in [0.05, 0.1) is 6.61 Å². The molecule has 0 fully saturated rings. The molecular formula is C13H22N2O2S. The van der Waals surface area contributed by atoms with Crippen LogP contribution in [0.25, 0.3) is 0 Å². The quantitative estimate of drug-likeness (QED) is 0.771. The van der Waals surface area contributed by atoms with E-state index in [-0.39, 0.29) is 5.97 Å². The molecule has 0 aliphatic heterocycles. The highest BCUT2D eigenvalue weighted by Crippen LogP contribution is 2.23. The van der Waals surface area contributed by atoms with E-state index in [0.717, 1.165) is 29.4 Å². The van der Waals surface area contributed by atoms with E-state index in [1.807, 2.05) is 6.92 Å². The van der Waals surface area contributed by atoms with Gasteiger partial charge in [-0.3, -0.25) is 0 Å². The molecule has 0 saturated heterocycles. The number of carbonyl (C=O) groups is 1. The van der Waals surface area contributed by atoms with Crippen molar-refractivity contribution in [1.29, 1.82) is 0 Å². The monoisotopic (exact) mass is 270 g/mol. The first-order valence-electron chi connectivity index (χ1n) is 6.50. The average molecular weight is 270 g/mol. The zero-order chi connectivity index (χ0) is 13.5. The largest absolute Gasteiger partial charge is 0.461 e. The molecule has 0 spiro atoms. The van der Waals surface area contributed by atoms with Crippen molar-refractivity contribution in [2.24, 2.45) is 5.92 Å². The van der Waals surface area contributed by atoms with E-state index in [2.05, 4.69) is 24.1 Å². The molecule has 0 aliphatic carbocycles. The van der Waals surface area contributed by atoms with Crippen LogP contribution in [0.4, 0.5) is 5.13 Å². The molecule has 1 aromatic heterocycles. The van der Waals surface area contributed by atoms with Crippen LogP contribution in [0.3, 0.4) is 0 Å². The van der Waals surface area contributed by atoms with E-state index in [1.54, 1.807) is 6.92 Å². The van der Waals surface area contributed by atoms with E-state index < -0.39 is 0 Å². The van der Waals surface area contributed by atoms with Gasteiger partial charge in [-0.25, -0.2) is 9.78 Å². The molecule has 0 aromatic carbocycles. The molecule has 0 unspecified atom stereocenters. The smallest absolute Gasteiger partial charge is 0.358 e. The van der Waals surface area contributed by atoms with Gasteiger partial charge in [-0.05, 0) is 19.8 Å². The predicted octanol–water partition coefficient (Wildman–Crippen LogP) is 3.48. The Hall–Kier alpha value is -1.10. The lowest BCUT2D eigenvalue weighted by atomic mass is 10.0. The standard InChI is InChI=1S/C13H22N2O2S/c1-5-10(6-2)8-14-13-15-11(9(4)18-13)12(16)17-7-3/h10H,5-8H2,1-4H3,(H,14,15). The summed E-state index contributed by atoms with van der Waals surface area (Å²) in [7, 11) is 0. The molecule has 1 heterocycles. The zero-order valence-electron chi connectivity index (χ0n) is 11.6. The Kier molecular flexibility index (Phi) is 6.12. The molecule has 1 rings (SSSR count). The lowest BCUT2D eigenvalue weighted by Gasteiger charge is -2.11. The first-order chi connectivity index (χ1) is 8.62. The topological polar surface area (TPSA) is 51.2 Å². The lowest BCUT2D eigenvalue weighted by molar-refractivity contribution is 0.0519. The van der Waals surface area contributed by atoms with E-state index in [9.17, 15) is 4.79 Å². The second-order valence-corrected chi connectivity index (χ2v) is 5.41. The molecule has 1 N–H and O–H groups in total. The first kappa shape index (κ1) is 15.0. The highest BCUT2D eigenvalue weighted by molar-refractivity contribution is 7.15. The maximum absolute atomic E-state index is 11.6. The Morgan fingerprint density at radius 2 is 2.06 bits per heavy atom. The van der Waals surface area contributed by atoms with Gasteiger partial charge >= 0.3 is 5.97 Å². The van der Waals surface area contributed by atoms with Gasteiger partial charge in [0.25, 0.3) is 0 Å². The molecule has 1 aromatic rings. The molecular weight excluding hydrogens is 248 g/mol. The average Bonchev–Trinajstić information content (AvgIpc) is 2.72. The fraction of sp³-hybridized carbons (Fsp3) is 0.692. The number of hydrogen-bond donors (Lipinski definition) is 1. The minimum absolute atomic E-state index is 0.332. The Bertz CT molecular complexity index is 386. The second-order valence-electron chi connectivity index (χ2n) is 4.21. The van der Waals surface area contributed by atoms with Crippen LogP contribution >= 0.6 is 11.3 Å². The van der Waals surface area contributed by atoms with E-state index in [1.165, 1.54) is 11.3 Å². The molecule has 5 heteroatoms. The molecule has 0 bridgehead atoms. The molecule has 0 amide bonds. The van der Waals surface area contributed by atoms with Crippen LogP contribution in [0.15, 0.2) is 0 Å². The molecule has 102 valence electrons. The number of aromatic nitrogens is 1. The van der Waals surface area contributed by atoms with E-state index in [0.29, 0.717) is 18.2 Å². The van der Waals surface area contributed by atoms with E-state index >= 15 is 0 Å². The SMILES string of the molecule is CCOC(=O)c1nc(NCC(CC)CC)sc1C. The van der Waals surface area contributed by atoms with Crippen LogP contribution in [0.5, 0.6) is 0 Å². The van der Waals surface area contributed by atoms with Gasteiger partial charge in [0.15, 0.2) is 10.8 Å². The first-order valence-corrected chi connectivity index (χ1v) is 7.32. The Morgan fingerprint density at radius 3 is 2.61 bits per heavy atom. The van der Waals surface area contributed by atoms with Gasteiger partial charge in [-0.1, -0.05) is 26.7 Å². The van der Waals surface area contributed by atoms with Gasteiger partial charge in [0.1, 0.15) is 0 Å². The van der Waals surface area contributed by atoms with Crippen LogP contribution in [-0.4, -0.2) is 24.1 Å². The Morgan fingerprint density at radius 1 is 1.39 bits per heavy atom. The zero-order valence-corrected chi connectivity index (χ0v) is 12.4. The van der Waals surface area contributed by atoms with E-state index in [4.69, 9.17) is 4.74 Å². The van der Waals surface area contributed by atoms with Crippen molar-refractivity contribution in [2.75, 3.05) is 18.5 Å². The Balaban J connectivity index is 2.63. The highest BCUT2D eigenvalue weighted by atomic mass is 32.1. The number of aryl methyl sites for hydroxylation is 1. The third kappa shape index (κ3) is 3.98. The number of rotatable bonds is 7. The summed E-state index contributed by atoms with van der Waals surface area (Å²) >= 11 is 1.51. The van der Waals surface area contributed by atoms with Crippen LogP contribution in [0.1, 0.15) is 49.0 Å². The van der Waals surface area contributed by atoms with Crippen molar-refractivity contribution in [1.82, 2.24) is 4.98 Å². The number of nitrogens with zero attached hydrogens (tertiary/aromatic N) is 1. The van der Waals surface area contributed by atoms with Gasteiger partial charge in [0, 0.05) is 11.4 Å². The third-order valence-corrected chi connectivity index (χ3v) is 3.89. The normalized spacial score (nSPS) is 10.7. The molecule has 4 nitrogen and oxygen atoms in total. The predicted molar refractivity (Wildman–Crippen MR) is 75.4 cm³/mol. The van der Waals surface area contributed by atoms with Crippen LogP contribution < -0.4 is 5.32 Å². The van der Waals surface area contributed by atoms with Crippen LogP contribution in [0.2, 0.25) is 0 Å². The number of anilines is 1. The molecule has 0 atom stereocenters. The van der Waals surface area contributed by atoms with Crippen molar-refractivity contribution in [3.8, 4) is 0 Å². The number of esters is 1. The molecule has 0 radical (unpaired) electrons.